The monoisotopic (exact) mass is 143 g/mol. The molecule has 0 aliphatic carbocycles. The largest absolute Gasteiger partial charge is 0.362 e. The van der Waals surface area contributed by atoms with E-state index in [9.17, 15) is 18.7 Å². The summed E-state index contributed by atoms with van der Waals surface area (Å²) in [7, 11) is 0. The van der Waals surface area contributed by atoms with E-state index in [0.717, 1.165) is 0 Å². The number of halogens is 3. The molecule has 47 valence electrons. The molecule has 8 heavy (non-hydrogen) atoms. The number of carbonyl (C=O) groups is 1. The average molecular weight is 143 g/mol. The van der Waals surface area contributed by atoms with Crippen molar-refractivity contribution < 1.29 is 18.7 Å². The minimum absolute atomic E-state index is 1.44. The number of hydrogen-bond acceptors (Lipinski definition) is 1. The van der Waals surface area contributed by atoms with E-state index in [1.807, 2.05) is 0 Å². The quantitative estimate of drug-likeness (QED) is 0.535. The third-order valence-corrected chi connectivity index (χ3v) is 0.478. The zero-order valence-electron chi connectivity index (χ0n) is 3.66. The summed E-state index contributed by atoms with van der Waals surface area (Å²) in [6, 6.07) is 0. The van der Waals surface area contributed by atoms with Crippen molar-refractivity contribution in [1.82, 2.24) is 0 Å². The van der Waals surface area contributed by atoms with E-state index in [1.54, 1.807) is 0 Å². The molecule has 0 unspecified atom stereocenters. The predicted octanol–water partition coefficient (Wildman–Crippen LogP) is 1.17. The highest BCUT2D eigenvalue weighted by atomic mass is 35.5. The number of alkyl halides is 3. The Labute approximate surface area is 49.1 Å². The first-order valence-electron chi connectivity index (χ1n) is 1.68. The summed E-state index contributed by atoms with van der Waals surface area (Å²) in [4.78, 5) is 9.34. The Morgan fingerprint density at radius 1 is 1.62 bits per heavy atom. The fraction of sp³-hybridized carbons (Fsp3) is 0.667. The zero-order valence-corrected chi connectivity index (χ0v) is 4.41. The predicted molar refractivity (Wildman–Crippen MR) is 21.1 cm³/mol. The molecule has 0 aliphatic rings. The van der Waals surface area contributed by atoms with Crippen molar-refractivity contribution in [2.24, 2.45) is 0 Å². The van der Waals surface area contributed by atoms with Crippen LogP contribution in [0.25, 0.3) is 0 Å². The smallest absolute Gasteiger partial charge is 0.247 e. The van der Waals surface area contributed by atoms with Crippen LogP contribution >= 0.6 is 11.6 Å². The minimum atomic E-state index is -3.67. The standard InChI is InChI=1S/C3H2ClF2O2/c4-3(5,6)1-2(7)8/h1H2. The average Bonchev–Trinajstić information content (AvgIpc) is 1.21. The molecule has 0 heterocycles. The molecule has 5 heteroatoms. The van der Waals surface area contributed by atoms with E-state index in [0.29, 0.717) is 0 Å². The van der Waals surface area contributed by atoms with Crippen LogP contribution < -0.4 is 0 Å². The highest BCUT2D eigenvalue weighted by Crippen LogP contribution is 2.22. The van der Waals surface area contributed by atoms with Crippen molar-refractivity contribution in [3.63, 3.8) is 0 Å². The Morgan fingerprint density at radius 3 is 2.00 bits per heavy atom. The summed E-state index contributed by atoms with van der Waals surface area (Å²) < 4.78 is 22.6. The Kier molecular flexibility index (Phi) is 2.15. The van der Waals surface area contributed by atoms with Crippen molar-refractivity contribution in [1.29, 1.82) is 0 Å². The zero-order chi connectivity index (χ0) is 6.78. The topological polar surface area (TPSA) is 37.0 Å². The van der Waals surface area contributed by atoms with Gasteiger partial charge in [0.05, 0.1) is 0 Å². The Hall–Kier alpha value is -0.380. The molecule has 1 radical (unpaired) electrons. The number of hydrogen-bond donors (Lipinski definition) is 0. The van der Waals surface area contributed by atoms with E-state index in [1.165, 1.54) is 0 Å². The summed E-state index contributed by atoms with van der Waals surface area (Å²) in [6.45, 7) is 0. The maximum absolute atomic E-state index is 11.3. The lowest BCUT2D eigenvalue weighted by molar-refractivity contribution is -0.147. The normalized spacial score (nSPS) is 11.4. The summed E-state index contributed by atoms with van der Waals surface area (Å²) in [5.41, 5.74) is 0. The van der Waals surface area contributed by atoms with Gasteiger partial charge >= 0.3 is 11.4 Å². The molecule has 0 spiro atoms. The van der Waals surface area contributed by atoms with Crippen LogP contribution in [0.5, 0.6) is 0 Å². The third-order valence-electron chi connectivity index (χ3n) is 0.345. The Balaban J connectivity index is 3.55. The minimum Gasteiger partial charge on any atom is -0.247 e. The van der Waals surface area contributed by atoms with Gasteiger partial charge < -0.3 is 0 Å². The van der Waals surface area contributed by atoms with Gasteiger partial charge in [-0.3, -0.25) is 0 Å². The molecule has 0 aromatic rings. The van der Waals surface area contributed by atoms with Crippen LogP contribution in [-0.2, 0) is 9.90 Å². The van der Waals surface area contributed by atoms with E-state index in [2.05, 4.69) is 11.6 Å². The lowest BCUT2D eigenvalue weighted by atomic mass is 10.5. The van der Waals surface area contributed by atoms with Crippen LogP contribution in [-0.4, -0.2) is 11.4 Å². The molecular weight excluding hydrogens is 141 g/mol. The molecule has 0 saturated carbocycles. The number of carbonyl (C=O) groups excluding carboxylic acids is 1. The highest BCUT2D eigenvalue weighted by molar-refractivity contribution is 6.22. The van der Waals surface area contributed by atoms with Crippen molar-refractivity contribution >= 4 is 17.6 Å². The van der Waals surface area contributed by atoms with Gasteiger partial charge in [0.2, 0.25) is 0 Å². The van der Waals surface area contributed by atoms with Gasteiger partial charge in [-0.25, -0.2) is 9.90 Å². The van der Waals surface area contributed by atoms with Gasteiger partial charge in [0.25, 0.3) is 0 Å². The molecule has 0 saturated heterocycles. The molecule has 0 fully saturated rings. The molecule has 0 rings (SSSR count). The highest BCUT2D eigenvalue weighted by Gasteiger charge is 2.29. The van der Waals surface area contributed by atoms with Crippen LogP contribution in [0.3, 0.4) is 0 Å². The van der Waals surface area contributed by atoms with E-state index in [-0.39, 0.29) is 0 Å². The second kappa shape index (κ2) is 2.26. The molecule has 0 amide bonds. The van der Waals surface area contributed by atoms with Crippen LogP contribution in [0, 0.1) is 0 Å². The van der Waals surface area contributed by atoms with Crippen LogP contribution in [0.1, 0.15) is 6.42 Å². The van der Waals surface area contributed by atoms with Gasteiger partial charge in [0.15, 0.2) is 0 Å². The second-order valence-corrected chi connectivity index (χ2v) is 1.72. The lowest BCUT2D eigenvalue weighted by Gasteiger charge is -1.99. The maximum Gasteiger partial charge on any atom is 0.362 e. The van der Waals surface area contributed by atoms with Crippen molar-refractivity contribution in [3.8, 4) is 0 Å². The molecular formula is C3H2ClF2O2. The fourth-order valence-electron chi connectivity index (χ4n) is 0.164. The maximum atomic E-state index is 11.3. The molecule has 0 aliphatic heterocycles. The number of rotatable bonds is 2. The van der Waals surface area contributed by atoms with Gasteiger partial charge in [-0.05, 0) is 11.6 Å². The first-order valence-corrected chi connectivity index (χ1v) is 2.06. The summed E-state index contributed by atoms with van der Waals surface area (Å²) in [5.74, 6) is -1.86. The molecule has 0 aromatic heterocycles. The summed E-state index contributed by atoms with van der Waals surface area (Å²) in [5, 5.41) is 5.67. The van der Waals surface area contributed by atoms with Crippen molar-refractivity contribution in [2.75, 3.05) is 0 Å². The van der Waals surface area contributed by atoms with Crippen molar-refractivity contribution in [2.45, 2.75) is 11.8 Å². The molecule has 2 nitrogen and oxygen atoms in total. The second-order valence-electron chi connectivity index (χ2n) is 1.16. The van der Waals surface area contributed by atoms with Crippen molar-refractivity contribution in [3.05, 3.63) is 0 Å². The first-order chi connectivity index (χ1) is 3.42. The van der Waals surface area contributed by atoms with Crippen LogP contribution in [0.4, 0.5) is 8.78 Å². The van der Waals surface area contributed by atoms with E-state index >= 15 is 0 Å². The molecule has 0 aromatic carbocycles. The van der Waals surface area contributed by atoms with Gasteiger partial charge in [-0.2, -0.15) is 8.78 Å². The van der Waals surface area contributed by atoms with Crippen LogP contribution in [0.15, 0.2) is 0 Å². The van der Waals surface area contributed by atoms with Gasteiger partial charge in [0, 0.05) is 0 Å². The first kappa shape index (κ1) is 7.62. The van der Waals surface area contributed by atoms with Gasteiger partial charge in [-0.15, -0.1) is 0 Å². The van der Waals surface area contributed by atoms with E-state index in [4.69, 9.17) is 0 Å². The Bertz CT molecular complexity index is 97.9. The van der Waals surface area contributed by atoms with Gasteiger partial charge in [0.1, 0.15) is 6.42 Å². The third kappa shape index (κ3) is 5.62. The van der Waals surface area contributed by atoms with Gasteiger partial charge in [-0.1, -0.05) is 0 Å². The fourth-order valence-corrected chi connectivity index (χ4v) is 0.273. The summed E-state index contributed by atoms with van der Waals surface area (Å²) in [6.07, 6.45) is -1.44. The molecule has 0 bridgehead atoms. The summed E-state index contributed by atoms with van der Waals surface area (Å²) >= 11 is 4.17. The van der Waals surface area contributed by atoms with Crippen LogP contribution in [0.2, 0.25) is 0 Å². The molecule has 0 N–H and O–H groups in total. The lowest BCUT2D eigenvalue weighted by Crippen LogP contribution is -2.11. The van der Waals surface area contributed by atoms with E-state index < -0.39 is 17.8 Å². The SMILES string of the molecule is [O]C(=O)CC(F)(F)Cl. The Morgan fingerprint density at radius 2 is 2.00 bits per heavy atom. The molecule has 0 atom stereocenters.